The van der Waals surface area contributed by atoms with Crippen molar-refractivity contribution in [3.05, 3.63) is 64.3 Å². The third-order valence-corrected chi connectivity index (χ3v) is 3.89. The predicted octanol–water partition coefficient (Wildman–Crippen LogP) is 1.72. The maximum Gasteiger partial charge on any atom is 0.254 e. The smallest absolute Gasteiger partial charge is 0.254 e. The van der Waals surface area contributed by atoms with Crippen LogP contribution in [0.25, 0.3) is 16.7 Å². The second-order valence-electron chi connectivity index (χ2n) is 5.60. The number of benzene rings is 1. The van der Waals surface area contributed by atoms with Gasteiger partial charge in [-0.1, -0.05) is 18.2 Å². The van der Waals surface area contributed by atoms with Gasteiger partial charge in [-0.15, -0.1) is 0 Å². The molecule has 3 heterocycles. The third-order valence-electron chi connectivity index (χ3n) is 3.89. The highest BCUT2D eigenvalue weighted by Crippen LogP contribution is 2.17. The molecular weight excluding hydrogens is 320 g/mol. The summed E-state index contributed by atoms with van der Waals surface area (Å²) < 4.78 is 6.77. The van der Waals surface area contributed by atoms with E-state index in [0.29, 0.717) is 18.9 Å². The number of nitrogens with zero attached hydrogens (tertiary/aromatic N) is 4. The van der Waals surface area contributed by atoms with E-state index in [-0.39, 0.29) is 5.56 Å². The standard InChI is InChI=1S/C17H16N6O2/c1-25-9-12-7-15(23-17(21-12)19-10-20-23)18-8-11-6-16(24)22-14-5-3-2-4-13(11)14/h2-7,10,18H,8-9H2,1H3,(H,22,24). The van der Waals surface area contributed by atoms with Gasteiger partial charge in [0.2, 0.25) is 5.56 Å². The van der Waals surface area contributed by atoms with E-state index in [2.05, 4.69) is 25.4 Å². The highest BCUT2D eigenvalue weighted by Gasteiger charge is 2.09. The number of aromatic nitrogens is 5. The zero-order valence-electron chi connectivity index (χ0n) is 13.6. The number of ether oxygens (including phenoxy) is 1. The highest BCUT2D eigenvalue weighted by atomic mass is 16.5. The fourth-order valence-corrected chi connectivity index (χ4v) is 2.82. The molecule has 0 saturated heterocycles. The van der Waals surface area contributed by atoms with Crippen molar-refractivity contribution >= 4 is 22.5 Å². The van der Waals surface area contributed by atoms with Gasteiger partial charge < -0.3 is 15.0 Å². The van der Waals surface area contributed by atoms with Crippen molar-refractivity contribution in [2.24, 2.45) is 0 Å². The Bertz CT molecular complexity index is 1100. The number of para-hydroxylation sites is 1. The van der Waals surface area contributed by atoms with Crippen LogP contribution in [0, 0.1) is 0 Å². The number of fused-ring (bicyclic) bond motifs is 2. The summed E-state index contributed by atoms with van der Waals surface area (Å²) in [5, 5.41) is 8.50. The lowest BCUT2D eigenvalue weighted by Gasteiger charge is -2.11. The van der Waals surface area contributed by atoms with E-state index >= 15 is 0 Å². The predicted molar refractivity (Wildman–Crippen MR) is 93.4 cm³/mol. The normalized spacial score (nSPS) is 11.2. The Hall–Kier alpha value is -3.26. The van der Waals surface area contributed by atoms with Crippen molar-refractivity contribution < 1.29 is 4.74 Å². The molecule has 126 valence electrons. The largest absolute Gasteiger partial charge is 0.378 e. The van der Waals surface area contributed by atoms with Crippen LogP contribution in [0.2, 0.25) is 0 Å². The molecule has 0 amide bonds. The molecule has 0 unspecified atom stereocenters. The van der Waals surface area contributed by atoms with Crippen LogP contribution < -0.4 is 10.9 Å². The fourth-order valence-electron chi connectivity index (χ4n) is 2.82. The Morgan fingerprint density at radius 2 is 2.16 bits per heavy atom. The molecule has 0 aliphatic heterocycles. The van der Waals surface area contributed by atoms with E-state index in [9.17, 15) is 4.79 Å². The average molecular weight is 336 g/mol. The summed E-state index contributed by atoms with van der Waals surface area (Å²) in [5.74, 6) is 1.23. The van der Waals surface area contributed by atoms with Crippen molar-refractivity contribution in [3.8, 4) is 0 Å². The van der Waals surface area contributed by atoms with E-state index in [4.69, 9.17) is 4.74 Å². The Balaban J connectivity index is 1.71. The molecule has 3 aromatic heterocycles. The van der Waals surface area contributed by atoms with Gasteiger partial charge in [0.15, 0.2) is 0 Å². The summed E-state index contributed by atoms with van der Waals surface area (Å²) >= 11 is 0. The molecule has 8 nitrogen and oxygen atoms in total. The van der Waals surface area contributed by atoms with Gasteiger partial charge in [0, 0.05) is 36.7 Å². The molecule has 0 aliphatic carbocycles. The summed E-state index contributed by atoms with van der Waals surface area (Å²) in [7, 11) is 1.62. The van der Waals surface area contributed by atoms with Crippen LogP contribution >= 0.6 is 0 Å². The SMILES string of the molecule is COCc1cc(NCc2cc(=O)[nH]c3ccccc23)n2ncnc2n1. The third kappa shape index (κ3) is 2.94. The molecule has 4 rings (SSSR count). The average Bonchev–Trinajstić information content (AvgIpc) is 3.08. The van der Waals surface area contributed by atoms with Crippen LogP contribution in [0.4, 0.5) is 5.82 Å². The number of nitrogens with one attached hydrogen (secondary N) is 2. The van der Waals surface area contributed by atoms with Gasteiger partial charge in [0.05, 0.1) is 12.3 Å². The molecule has 0 aliphatic rings. The molecule has 0 spiro atoms. The lowest BCUT2D eigenvalue weighted by molar-refractivity contribution is 0.181. The van der Waals surface area contributed by atoms with Crippen LogP contribution in [0.1, 0.15) is 11.3 Å². The number of aromatic amines is 1. The molecule has 25 heavy (non-hydrogen) atoms. The van der Waals surface area contributed by atoms with Crippen LogP contribution in [0.5, 0.6) is 0 Å². The van der Waals surface area contributed by atoms with Crippen molar-refractivity contribution in [1.29, 1.82) is 0 Å². The minimum absolute atomic E-state index is 0.129. The second kappa shape index (κ2) is 6.33. The summed E-state index contributed by atoms with van der Waals surface area (Å²) in [6.45, 7) is 0.849. The van der Waals surface area contributed by atoms with Gasteiger partial charge in [0.25, 0.3) is 5.78 Å². The first kappa shape index (κ1) is 15.3. The first-order chi connectivity index (χ1) is 12.2. The topological polar surface area (TPSA) is 97.2 Å². The zero-order chi connectivity index (χ0) is 17.2. The summed E-state index contributed by atoms with van der Waals surface area (Å²) in [5.41, 5.74) is 2.34. The van der Waals surface area contributed by atoms with Crippen molar-refractivity contribution in [2.45, 2.75) is 13.2 Å². The van der Waals surface area contributed by atoms with Gasteiger partial charge in [-0.25, -0.2) is 4.98 Å². The summed E-state index contributed by atoms with van der Waals surface area (Å²) in [6.07, 6.45) is 1.45. The number of anilines is 1. The Kier molecular flexibility index (Phi) is 3.87. The first-order valence-electron chi connectivity index (χ1n) is 7.78. The zero-order valence-corrected chi connectivity index (χ0v) is 13.6. The molecule has 4 aromatic rings. The number of rotatable bonds is 5. The van der Waals surface area contributed by atoms with Crippen LogP contribution in [0.3, 0.4) is 0 Å². The number of hydrogen-bond donors (Lipinski definition) is 2. The number of pyridine rings is 1. The van der Waals surface area contributed by atoms with E-state index in [1.54, 1.807) is 17.7 Å². The van der Waals surface area contributed by atoms with E-state index < -0.39 is 0 Å². The van der Waals surface area contributed by atoms with Crippen molar-refractivity contribution in [3.63, 3.8) is 0 Å². The number of hydrogen-bond acceptors (Lipinski definition) is 6. The molecule has 8 heteroatoms. The number of methoxy groups -OCH3 is 1. The molecule has 2 N–H and O–H groups in total. The quantitative estimate of drug-likeness (QED) is 0.576. The first-order valence-corrected chi connectivity index (χ1v) is 7.78. The van der Waals surface area contributed by atoms with Gasteiger partial charge in [-0.05, 0) is 11.6 Å². The molecule has 1 aromatic carbocycles. The monoisotopic (exact) mass is 336 g/mol. The summed E-state index contributed by atoms with van der Waals surface area (Å²) in [4.78, 5) is 23.2. The molecule has 0 radical (unpaired) electrons. The van der Waals surface area contributed by atoms with Gasteiger partial charge in [-0.2, -0.15) is 14.6 Å². The Labute approximate surface area is 142 Å². The highest BCUT2D eigenvalue weighted by molar-refractivity contribution is 5.82. The van der Waals surface area contributed by atoms with Crippen LogP contribution in [-0.4, -0.2) is 31.7 Å². The summed E-state index contributed by atoms with van der Waals surface area (Å²) in [6, 6.07) is 11.2. The van der Waals surface area contributed by atoms with Crippen molar-refractivity contribution in [2.75, 3.05) is 12.4 Å². The molecule has 0 atom stereocenters. The van der Waals surface area contributed by atoms with Gasteiger partial charge in [0.1, 0.15) is 12.1 Å². The maximum absolute atomic E-state index is 11.9. The molecular formula is C17H16N6O2. The molecule has 0 bridgehead atoms. The van der Waals surface area contributed by atoms with Crippen molar-refractivity contribution in [1.82, 2.24) is 24.6 Å². The minimum Gasteiger partial charge on any atom is -0.378 e. The van der Waals surface area contributed by atoms with E-state index in [1.807, 2.05) is 30.3 Å². The Morgan fingerprint density at radius 1 is 1.28 bits per heavy atom. The maximum atomic E-state index is 11.9. The van der Waals surface area contributed by atoms with Crippen LogP contribution in [0.15, 0.2) is 47.5 Å². The van der Waals surface area contributed by atoms with Crippen LogP contribution in [-0.2, 0) is 17.9 Å². The fraction of sp³-hybridized carbons (Fsp3) is 0.176. The van der Waals surface area contributed by atoms with E-state index in [0.717, 1.165) is 28.0 Å². The van der Waals surface area contributed by atoms with E-state index in [1.165, 1.54) is 6.33 Å². The Morgan fingerprint density at radius 3 is 3.04 bits per heavy atom. The van der Waals surface area contributed by atoms with Gasteiger partial charge >= 0.3 is 0 Å². The number of H-pyrrole nitrogens is 1. The second-order valence-corrected chi connectivity index (χ2v) is 5.60. The minimum atomic E-state index is -0.129. The van der Waals surface area contributed by atoms with Gasteiger partial charge in [-0.3, -0.25) is 4.79 Å². The molecule has 0 fully saturated rings. The lowest BCUT2D eigenvalue weighted by atomic mass is 10.1. The molecule has 0 saturated carbocycles. The lowest BCUT2D eigenvalue weighted by Crippen LogP contribution is -2.12.